The van der Waals surface area contributed by atoms with Gasteiger partial charge >= 0.3 is 0 Å². The molecule has 0 bridgehead atoms. The highest BCUT2D eigenvalue weighted by Crippen LogP contribution is 2.33. The predicted molar refractivity (Wildman–Crippen MR) is 94.7 cm³/mol. The van der Waals surface area contributed by atoms with Crippen molar-refractivity contribution in [2.75, 3.05) is 0 Å². The summed E-state index contributed by atoms with van der Waals surface area (Å²) in [4.78, 5) is 0. The number of aliphatic hydroxyl groups is 1. The van der Waals surface area contributed by atoms with Crippen LogP contribution in [-0.4, -0.2) is 5.11 Å². The van der Waals surface area contributed by atoms with Crippen molar-refractivity contribution in [2.24, 2.45) is 0 Å². The van der Waals surface area contributed by atoms with E-state index in [0.29, 0.717) is 11.5 Å². The third-order valence-electron chi connectivity index (χ3n) is 3.58. The van der Waals surface area contributed by atoms with Crippen molar-refractivity contribution in [3.8, 4) is 0 Å². The molecule has 0 saturated heterocycles. The van der Waals surface area contributed by atoms with Crippen LogP contribution in [0.5, 0.6) is 0 Å². The maximum Gasteiger partial charge on any atom is 0.129 e. The average molecular weight is 324 g/mol. The zero-order valence-electron chi connectivity index (χ0n) is 14.8. The fourth-order valence-electron chi connectivity index (χ4n) is 2.25. The lowest BCUT2D eigenvalue weighted by molar-refractivity contribution is 0.417. The SMILES string of the molecule is C=C(C)O.CC=C(C)C.Fc1ccc(C2CCCCC2)c(F)c1. The Morgan fingerprint density at radius 2 is 1.61 bits per heavy atom. The third kappa shape index (κ3) is 10.7. The summed E-state index contributed by atoms with van der Waals surface area (Å²) in [5.74, 6) is -0.386. The Bertz CT molecular complexity index is 492. The second kappa shape index (κ2) is 11.9. The molecule has 1 aromatic rings. The van der Waals surface area contributed by atoms with E-state index in [4.69, 9.17) is 5.11 Å². The molecule has 0 radical (unpaired) electrons. The van der Waals surface area contributed by atoms with E-state index in [0.717, 1.165) is 18.9 Å². The summed E-state index contributed by atoms with van der Waals surface area (Å²) < 4.78 is 26.1. The van der Waals surface area contributed by atoms with Gasteiger partial charge in [-0.25, -0.2) is 8.78 Å². The summed E-state index contributed by atoms with van der Waals surface area (Å²) in [6, 6.07) is 3.94. The fraction of sp³-hybridized carbons (Fsp3) is 0.500. The van der Waals surface area contributed by atoms with E-state index in [1.807, 2.05) is 6.92 Å². The number of halogens is 2. The normalized spacial score (nSPS) is 13.8. The highest BCUT2D eigenvalue weighted by atomic mass is 19.1. The fourth-order valence-corrected chi connectivity index (χ4v) is 2.25. The monoisotopic (exact) mass is 324 g/mol. The third-order valence-corrected chi connectivity index (χ3v) is 3.58. The molecule has 0 spiro atoms. The summed E-state index contributed by atoms with van der Waals surface area (Å²) in [5, 5.41) is 7.86. The van der Waals surface area contributed by atoms with Gasteiger partial charge in [-0.05, 0) is 58.1 Å². The van der Waals surface area contributed by atoms with Crippen LogP contribution < -0.4 is 0 Å². The van der Waals surface area contributed by atoms with Crippen molar-refractivity contribution in [1.82, 2.24) is 0 Å². The molecule has 0 atom stereocenters. The molecule has 1 fully saturated rings. The molecule has 1 aliphatic carbocycles. The van der Waals surface area contributed by atoms with E-state index in [2.05, 4.69) is 26.5 Å². The Hall–Kier alpha value is -1.64. The summed E-state index contributed by atoms with van der Waals surface area (Å²) in [5.41, 5.74) is 2.08. The van der Waals surface area contributed by atoms with E-state index in [9.17, 15) is 8.78 Å². The van der Waals surface area contributed by atoms with Crippen molar-refractivity contribution in [1.29, 1.82) is 0 Å². The Balaban J connectivity index is 0.000000450. The summed E-state index contributed by atoms with van der Waals surface area (Å²) in [7, 11) is 0. The maximum atomic E-state index is 13.4. The standard InChI is InChI=1S/C12H14F2.C5H10.C3H6O/c13-10-6-7-11(12(14)8-10)9-4-2-1-3-5-9;1-4-5(2)3;1-3(2)4/h6-9H,1-5H2;4H,1-3H3;4H,1H2,2H3. The number of allylic oxidation sites excluding steroid dienone is 3. The minimum Gasteiger partial charge on any atom is -0.513 e. The maximum absolute atomic E-state index is 13.4. The molecule has 1 aliphatic rings. The van der Waals surface area contributed by atoms with Crippen LogP contribution in [0.4, 0.5) is 8.78 Å². The zero-order valence-corrected chi connectivity index (χ0v) is 14.8. The molecule has 23 heavy (non-hydrogen) atoms. The van der Waals surface area contributed by atoms with Gasteiger partial charge in [0.1, 0.15) is 11.6 Å². The number of rotatable bonds is 1. The number of hydrogen-bond donors (Lipinski definition) is 1. The molecule has 0 aromatic heterocycles. The summed E-state index contributed by atoms with van der Waals surface area (Å²) >= 11 is 0. The smallest absolute Gasteiger partial charge is 0.129 e. The topological polar surface area (TPSA) is 20.2 Å². The van der Waals surface area contributed by atoms with E-state index in [-0.39, 0.29) is 11.6 Å². The van der Waals surface area contributed by atoms with E-state index < -0.39 is 5.82 Å². The van der Waals surface area contributed by atoms with E-state index in [1.54, 1.807) is 6.07 Å². The van der Waals surface area contributed by atoms with Gasteiger partial charge in [0.05, 0.1) is 5.76 Å². The summed E-state index contributed by atoms with van der Waals surface area (Å²) in [6.45, 7) is 10.8. The second-order valence-corrected chi connectivity index (χ2v) is 6.10. The second-order valence-electron chi connectivity index (χ2n) is 6.10. The van der Waals surface area contributed by atoms with Crippen LogP contribution in [0, 0.1) is 11.6 Å². The molecular formula is C20H30F2O. The molecule has 1 N–H and O–H groups in total. The van der Waals surface area contributed by atoms with Crippen molar-refractivity contribution in [3.05, 3.63) is 59.4 Å². The average Bonchev–Trinajstić information content (AvgIpc) is 2.48. The van der Waals surface area contributed by atoms with Crippen LogP contribution in [0.25, 0.3) is 0 Å². The molecule has 3 heteroatoms. The quantitative estimate of drug-likeness (QED) is 0.433. The highest BCUT2D eigenvalue weighted by molar-refractivity contribution is 5.22. The van der Waals surface area contributed by atoms with Gasteiger partial charge in [-0.1, -0.05) is 43.6 Å². The predicted octanol–water partition coefficient (Wildman–Crippen LogP) is 7.06. The molecule has 130 valence electrons. The van der Waals surface area contributed by atoms with Crippen molar-refractivity contribution in [2.45, 2.75) is 65.7 Å². The Kier molecular flexibility index (Phi) is 11.0. The molecule has 1 saturated carbocycles. The molecule has 1 aromatic carbocycles. The first kappa shape index (κ1) is 21.4. The lowest BCUT2D eigenvalue weighted by atomic mass is 9.84. The van der Waals surface area contributed by atoms with Crippen LogP contribution in [0.15, 0.2) is 42.2 Å². The molecule has 0 unspecified atom stereocenters. The Morgan fingerprint density at radius 1 is 1.13 bits per heavy atom. The van der Waals surface area contributed by atoms with Crippen LogP contribution in [-0.2, 0) is 0 Å². The zero-order chi connectivity index (χ0) is 17.8. The first-order chi connectivity index (χ1) is 10.8. The first-order valence-electron chi connectivity index (χ1n) is 8.16. The molecule has 0 aliphatic heterocycles. The van der Waals surface area contributed by atoms with Gasteiger partial charge in [-0.3, -0.25) is 0 Å². The molecular weight excluding hydrogens is 294 g/mol. The Morgan fingerprint density at radius 3 is 2.00 bits per heavy atom. The minimum absolute atomic E-state index is 0.167. The van der Waals surface area contributed by atoms with Gasteiger partial charge in [0.2, 0.25) is 0 Å². The van der Waals surface area contributed by atoms with Crippen LogP contribution in [0.1, 0.15) is 71.3 Å². The highest BCUT2D eigenvalue weighted by Gasteiger charge is 2.18. The van der Waals surface area contributed by atoms with Gasteiger partial charge in [-0.2, -0.15) is 0 Å². The Labute approximate surface area is 139 Å². The first-order valence-corrected chi connectivity index (χ1v) is 8.16. The lowest BCUT2D eigenvalue weighted by Gasteiger charge is -2.22. The van der Waals surface area contributed by atoms with Crippen LogP contribution in [0.2, 0.25) is 0 Å². The van der Waals surface area contributed by atoms with Crippen molar-refractivity contribution >= 4 is 0 Å². The molecule has 0 heterocycles. The molecule has 1 nitrogen and oxygen atoms in total. The molecule has 2 rings (SSSR count). The van der Waals surface area contributed by atoms with Gasteiger partial charge in [0, 0.05) is 6.07 Å². The number of aliphatic hydroxyl groups excluding tert-OH is 1. The lowest BCUT2D eigenvalue weighted by Crippen LogP contribution is -2.06. The summed E-state index contributed by atoms with van der Waals surface area (Å²) in [6.07, 6.45) is 7.76. The van der Waals surface area contributed by atoms with E-state index in [1.165, 1.54) is 37.8 Å². The van der Waals surface area contributed by atoms with Crippen molar-refractivity contribution in [3.63, 3.8) is 0 Å². The van der Waals surface area contributed by atoms with Gasteiger partial charge < -0.3 is 5.11 Å². The number of benzene rings is 1. The molecule has 0 amide bonds. The largest absolute Gasteiger partial charge is 0.513 e. The van der Waals surface area contributed by atoms with Crippen LogP contribution in [0.3, 0.4) is 0 Å². The van der Waals surface area contributed by atoms with Crippen molar-refractivity contribution < 1.29 is 13.9 Å². The van der Waals surface area contributed by atoms with E-state index >= 15 is 0 Å². The van der Waals surface area contributed by atoms with Gasteiger partial charge in [0.25, 0.3) is 0 Å². The number of hydrogen-bond acceptors (Lipinski definition) is 1. The van der Waals surface area contributed by atoms with Crippen LogP contribution >= 0.6 is 0 Å². The van der Waals surface area contributed by atoms with Gasteiger partial charge in [0.15, 0.2) is 0 Å². The van der Waals surface area contributed by atoms with Gasteiger partial charge in [-0.15, -0.1) is 0 Å². The minimum atomic E-state index is -0.484.